The summed E-state index contributed by atoms with van der Waals surface area (Å²) in [7, 11) is 0. The van der Waals surface area contributed by atoms with Crippen molar-refractivity contribution >= 4 is 23.4 Å². The predicted molar refractivity (Wildman–Crippen MR) is 106 cm³/mol. The number of aryl methyl sites for hydroxylation is 1. The number of carbonyl (C=O) groups is 1. The lowest BCUT2D eigenvalue weighted by Crippen LogP contribution is -2.48. The molecule has 3 nitrogen and oxygen atoms in total. The fourth-order valence-electron chi connectivity index (χ4n) is 3.02. The Hall–Kier alpha value is -2.20. The molecule has 0 atom stereocenters. The lowest BCUT2D eigenvalue weighted by atomic mass is 10.1. The first-order valence-electron chi connectivity index (χ1n) is 8.63. The molecule has 0 aliphatic carbocycles. The number of benzene rings is 2. The molecule has 1 aliphatic rings. The number of piperazine rings is 1. The number of hydrogen-bond acceptors (Lipinski definition) is 3. The molecule has 1 heterocycles. The molecule has 25 heavy (non-hydrogen) atoms. The first-order chi connectivity index (χ1) is 12.1. The second-order valence-corrected chi connectivity index (χ2v) is 7.24. The van der Waals surface area contributed by atoms with E-state index in [1.165, 1.54) is 16.8 Å². The van der Waals surface area contributed by atoms with E-state index in [0.717, 1.165) is 31.1 Å². The van der Waals surface area contributed by atoms with Crippen LogP contribution in [0, 0.1) is 13.8 Å². The fraction of sp³-hybridized carbons (Fsp3) is 0.286. The van der Waals surface area contributed by atoms with Gasteiger partial charge in [-0.3, -0.25) is 4.79 Å². The van der Waals surface area contributed by atoms with Crippen molar-refractivity contribution in [3.05, 3.63) is 71.1 Å². The first-order valence-corrected chi connectivity index (χ1v) is 9.51. The second kappa shape index (κ2) is 8.26. The lowest BCUT2D eigenvalue weighted by Gasteiger charge is -2.36. The highest BCUT2D eigenvalue weighted by atomic mass is 32.2. The van der Waals surface area contributed by atoms with Crippen molar-refractivity contribution in [2.75, 3.05) is 31.1 Å². The molecule has 1 saturated heterocycles. The molecule has 1 fully saturated rings. The largest absolute Gasteiger partial charge is 0.368 e. The first kappa shape index (κ1) is 17.6. The Balaban J connectivity index is 1.53. The summed E-state index contributed by atoms with van der Waals surface area (Å²) in [6, 6.07) is 16.5. The average molecular weight is 353 g/mol. The molecule has 2 aromatic rings. The second-order valence-electron chi connectivity index (χ2n) is 6.27. The minimum atomic E-state index is 0.101. The molecule has 4 heteroatoms. The van der Waals surface area contributed by atoms with Crippen molar-refractivity contribution < 1.29 is 4.79 Å². The van der Waals surface area contributed by atoms with Crippen LogP contribution in [-0.4, -0.2) is 37.0 Å². The van der Waals surface area contributed by atoms with Crippen LogP contribution in [0.3, 0.4) is 0 Å². The summed E-state index contributed by atoms with van der Waals surface area (Å²) in [5.41, 5.74) is 3.94. The van der Waals surface area contributed by atoms with E-state index < -0.39 is 0 Å². The standard InChI is InChI=1S/C21H24N2OS/c1-17-7-6-10-20(18(17)2)22-12-14-23(15-13-22)21(24)11-16-25-19-8-4-3-5-9-19/h3-11,16H,12-15H2,1-2H3/b16-11+. The SMILES string of the molecule is Cc1cccc(N2CCN(C(=O)/C=C/Sc3ccccc3)CC2)c1C. The van der Waals surface area contributed by atoms with E-state index in [4.69, 9.17) is 0 Å². The van der Waals surface area contributed by atoms with Crippen molar-refractivity contribution in [2.24, 2.45) is 0 Å². The van der Waals surface area contributed by atoms with E-state index in [1.54, 1.807) is 17.8 Å². The molecule has 1 amide bonds. The molecule has 0 N–H and O–H groups in total. The molecular weight excluding hydrogens is 328 g/mol. The molecule has 0 saturated carbocycles. The summed E-state index contributed by atoms with van der Waals surface area (Å²) in [6.07, 6.45) is 1.69. The van der Waals surface area contributed by atoms with Gasteiger partial charge in [0.1, 0.15) is 0 Å². The Morgan fingerprint density at radius 2 is 1.68 bits per heavy atom. The third kappa shape index (κ3) is 4.45. The smallest absolute Gasteiger partial charge is 0.247 e. The fourth-order valence-corrected chi connectivity index (χ4v) is 3.68. The monoisotopic (exact) mass is 352 g/mol. The maximum atomic E-state index is 12.4. The quantitative estimate of drug-likeness (QED) is 0.607. The summed E-state index contributed by atoms with van der Waals surface area (Å²) in [6.45, 7) is 7.63. The van der Waals surface area contributed by atoms with Crippen molar-refractivity contribution in [1.29, 1.82) is 0 Å². The Morgan fingerprint density at radius 1 is 0.960 bits per heavy atom. The van der Waals surface area contributed by atoms with Gasteiger partial charge in [0.15, 0.2) is 0 Å². The topological polar surface area (TPSA) is 23.6 Å². The minimum absolute atomic E-state index is 0.101. The summed E-state index contributed by atoms with van der Waals surface area (Å²) < 4.78 is 0. The van der Waals surface area contributed by atoms with Crippen LogP contribution in [0.5, 0.6) is 0 Å². The summed E-state index contributed by atoms with van der Waals surface area (Å²) in [4.78, 5) is 17.8. The van der Waals surface area contributed by atoms with Crippen LogP contribution in [0.1, 0.15) is 11.1 Å². The molecular formula is C21H24N2OS. The molecule has 0 radical (unpaired) electrons. The lowest BCUT2D eigenvalue weighted by molar-refractivity contribution is -0.126. The van der Waals surface area contributed by atoms with E-state index >= 15 is 0 Å². The minimum Gasteiger partial charge on any atom is -0.368 e. The summed E-state index contributed by atoms with van der Waals surface area (Å²) in [5.74, 6) is 0.101. The highest BCUT2D eigenvalue weighted by Crippen LogP contribution is 2.24. The molecule has 2 aromatic carbocycles. The van der Waals surface area contributed by atoms with Gasteiger partial charge in [0.05, 0.1) is 0 Å². The van der Waals surface area contributed by atoms with Gasteiger partial charge in [0.25, 0.3) is 0 Å². The van der Waals surface area contributed by atoms with E-state index in [0.29, 0.717) is 0 Å². The molecule has 3 rings (SSSR count). The summed E-state index contributed by atoms with van der Waals surface area (Å²) in [5, 5.41) is 1.88. The highest BCUT2D eigenvalue weighted by Gasteiger charge is 2.20. The van der Waals surface area contributed by atoms with E-state index in [-0.39, 0.29) is 5.91 Å². The van der Waals surface area contributed by atoms with Gasteiger partial charge in [-0.05, 0) is 48.6 Å². The van der Waals surface area contributed by atoms with Gasteiger partial charge in [-0.2, -0.15) is 0 Å². The Labute approximate surface area is 154 Å². The Bertz CT molecular complexity index is 750. The van der Waals surface area contributed by atoms with Crippen molar-refractivity contribution in [1.82, 2.24) is 4.90 Å². The van der Waals surface area contributed by atoms with E-state index in [2.05, 4.69) is 36.9 Å². The van der Waals surface area contributed by atoms with Crippen LogP contribution in [0.2, 0.25) is 0 Å². The summed E-state index contributed by atoms with van der Waals surface area (Å²) >= 11 is 1.58. The highest BCUT2D eigenvalue weighted by molar-refractivity contribution is 8.02. The zero-order valence-electron chi connectivity index (χ0n) is 14.8. The van der Waals surface area contributed by atoms with Crippen LogP contribution < -0.4 is 4.90 Å². The Morgan fingerprint density at radius 3 is 2.40 bits per heavy atom. The number of rotatable bonds is 4. The van der Waals surface area contributed by atoms with Crippen molar-refractivity contribution in [3.8, 4) is 0 Å². The predicted octanol–water partition coefficient (Wildman–Crippen LogP) is 4.26. The van der Waals surface area contributed by atoms with Gasteiger partial charge < -0.3 is 9.80 Å². The number of amides is 1. The van der Waals surface area contributed by atoms with Gasteiger partial charge in [-0.1, -0.05) is 42.1 Å². The number of anilines is 1. The van der Waals surface area contributed by atoms with Crippen molar-refractivity contribution in [2.45, 2.75) is 18.7 Å². The van der Waals surface area contributed by atoms with Crippen LogP contribution in [0.4, 0.5) is 5.69 Å². The van der Waals surface area contributed by atoms with Gasteiger partial charge in [0, 0.05) is 42.8 Å². The number of carbonyl (C=O) groups excluding carboxylic acids is 1. The van der Waals surface area contributed by atoms with Gasteiger partial charge >= 0.3 is 0 Å². The average Bonchev–Trinajstić information content (AvgIpc) is 2.65. The number of hydrogen-bond donors (Lipinski definition) is 0. The third-order valence-electron chi connectivity index (χ3n) is 4.67. The Kier molecular flexibility index (Phi) is 5.82. The van der Waals surface area contributed by atoms with Gasteiger partial charge in [-0.15, -0.1) is 0 Å². The number of thioether (sulfide) groups is 1. The van der Waals surface area contributed by atoms with Crippen LogP contribution in [0.15, 0.2) is 64.9 Å². The molecule has 0 spiro atoms. The number of nitrogens with zero attached hydrogens (tertiary/aromatic N) is 2. The maximum absolute atomic E-state index is 12.4. The zero-order valence-corrected chi connectivity index (χ0v) is 15.6. The normalized spacial score (nSPS) is 15.0. The van der Waals surface area contributed by atoms with Crippen LogP contribution in [0.25, 0.3) is 0 Å². The molecule has 1 aliphatic heterocycles. The van der Waals surface area contributed by atoms with E-state index in [9.17, 15) is 4.79 Å². The van der Waals surface area contributed by atoms with Gasteiger partial charge in [-0.25, -0.2) is 0 Å². The van der Waals surface area contributed by atoms with Gasteiger partial charge in [0.2, 0.25) is 5.91 Å². The van der Waals surface area contributed by atoms with Crippen molar-refractivity contribution in [3.63, 3.8) is 0 Å². The maximum Gasteiger partial charge on any atom is 0.247 e. The molecule has 0 aromatic heterocycles. The molecule has 0 unspecified atom stereocenters. The zero-order chi connectivity index (χ0) is 17.6. The third-order valence-corrected chi connectivity index (χ3v) is 5.48. The molecule has 130 valence electrons. The van der Waals surface area contributed by atoms with Crippen LogP contribution >= 0.6 is 11.8 Å². The van der Waals surface area contributed by atoms with E-state index in [1.807, 2.05) is 40.6 Å². The molecule has 0 bridgehead atoms. The van der Waals surface area contributed by atoms with Crippen LogP contribution in [-0.2, 0) is 4.79 Å².